The molecule has 1 aliphatic carbocycles. The molecule has 5 heteroatoms. The predicted octanol–water partition coefficient (Wildman–Crippen LogP) is 3.31. The SMILES string of the molecule is O=S(=O)(Cl)c1ccc2cc(OC3CC3)ccc2c1. The first-order valence-corrected chi connectivity index (χ1v) is 7.98. The van der Waals surface area contributed by atoms with Gasteiger partial charge in [-0.1, -0.05) is 12.1 Å². The fourth-order valence-corrected chi connectivity index (χ4v) is 2.59. The zero-order valence-electron chi connectivity index (χ0n) is 9.47. The molecule has 3 nitrogen and oxygen atoms in total. The Bertz CT molecular complexity index is 705. The molecular weight excluding hydrogens is 272 g/mol. The van der Waals surface area contributed by atoms with Crippen LogP contribution < -0.4 is 4.74 Å². The van der Waals surface area contributed by atoms with Crippen molar-refractivity contribution >= 4 is 30.5 Å². The summed E-state index contributed by atoms with van der Waals surface area (Å²) in [5, 5.41) is 1.78. The molecule has 94 valence electrons. The van der Waals surface area contributed by atoms with Crippen molar-refractivity contribution in [2.45, 2.75) is 23.8 Å². The van der Waals surface area contributed by atoms with Crippen molar-refractivity contribution in [1.82, 2.24) is 0 Å². The van der Waals surface area contributed by atoms with E-state index in [4.69, 9.17) is 15.4 Å². The van der Waals surface area contributed by atoms with E-state index in [-0.39, 0.29) is 4.90 Å². The van der Waals surface area contributed by atoms with Gasteiger partial charge in [0.1, 0.15) is 5.75 Å². The van der Waals surface area contributed by atoms with Crippen LogP contribution in [0, 0.1) is 0 Å². The second-order valence-corrected chi connectivity index (χ2v) is 6.99. The number of halogens is 1. The molecule has 1 saturated carbocycles. The lowest BCUT2D eigenvalue weighted by molar-refractivity contribution is 0.303. The molecule has 0 bridgehead atoms. The second-order valence-electron chi connectivity index (χ2n) is 4.43. The van der Waals surface area contributed by atoms with Crippen LogP contribution in [0.2, 0.25) is 0 Å². The number of hydrogen-bond acceptors (Lipinski definition) is 3. The Balaban J connectivity index is 2.02. The first-order valence-electron chi connectivity index (χ1n) is 5.67. The topological polar surface area (TPSA) is 43.4 Å². The van der Waals surface area contributed by atoms with E-state index in [1.165, 1.54) is 6.07 Å². The molecule has 0 aromatic heterocycles. The summed E-state index contributed by atoms with van der Waals surface area (Å²) in [4.78, 5) is 0.118. The smallest absolute Gasteiger partial charge is 0.261 e. The fourth-order valence-electron chi connectivity index (χ4n) is 1.81. The minimum atomic E-state index is -3.67. The summed E-state index contributed by atoms with van der Waals surface area (Å²) in [5.74, 6) is 0.825. The zero-order valence-corrected chi connectivity index (χ0v) is 11.0. The quantitative estimate of drug-likeness (QED) is 0.811. The van der Waals surface area contributed by atoms with Crippen LogP contribution in [0.1, 0.15) is 12.8 Å². The molecule has 1 fully saturated rings. The van der Waals surface area contributed by atoms with Crippen LogP contribution in [0.25, 0.3) is 10.8 Å². The molecule has 0 saturated heterocycles. The van der Waals surface area contributed by atoms with Crippen LogP contribution in [0.3, 0.4) is 0 Å². The molecule has 0 amide bonds. The second kappa shape index (κ2) is 4.14. The van der Waals surface area contributed by atoms with Crippen molar-refractivity contribution in [2.24, 2.45) is 0 Å². The fraction of sp³-hybridized carbons (Fsp3) is 0.231. The third kappa shape index (κ3) is 2.44. The number of fused-ring (bicyclic) bond motifs is 1. The van der Waals surface area contributed by atoms with E-state index in [1.54, 1.807) is 12.1 Å². The number of benzene rings is 2. The Hall–Kier alpha value is -1.26. The Kier molecular flexibility index (Phi) is 2.72. The molecule has 0 atom stereocenters. The summed E-state index contributed by atoms with van der Waals surface area (Å²) >= 11 is 0. The normalized spacial score (nSPS) is 15.8. The van der Waals surface area contributed by atoms with Crippen molar-refractivity contribution in [3.05, 3.63) is 36.4 Å². The van der Waals surface area contributed by atoms with Gasteiger partial charge >= 0.3 is 0 Å². The van der Waals surface area contributed by atoms with Crippen molar-refractivity contribution in [3.8, 4) is 5.75 Å². The highest BCUT2D eigenvalue weighted by Gasteiger charge is 2.23. The summed E-state index contributed by atoms with van der Waals surface area (Å²) in [6.07, 6.45) is 2.58. The number of hydrogen-bond donors (Lipinski definition) is 0. The molecule has 2 aromatic carbocycles. The monoisotopic (exact) mass is 282 g/mol. The van der Waals surface area contributed by atoms with E-state index < -0.39 is 9.05 Å². The maximum atomic E-state index is 11.2. The van der Waals surface area contributed by atoms with Gasteiger partial charge in [0.2, 0.25) is 0 Å². The van der Waals surface area contributed by atoms with Gasteiger partial charge in [-0.2, -0.15) is 0 Å². The highest BCUT2D eigenvalue weighted by molar-refractivity contribution is 8.13. The molecule has 18 heavy (non-hydrogen) atoms. The van der Waals surface area contributed by atoms with Gasteiger partial charge in [-0.25, -0.2) is 8.42 Å². The molecule has 3 rings (SSSR count). The molecule has 0 heterocycles. The predicted molar refractivity (Wildman–Crippen MR) is 70.6 cm³/mol. The summed E-state index contributed by atoms with van der Waals surface area (Å²) < 4.78 is 28.2. The summed E-state index contributed by atoms with van der Waals surface area (Å²) in [6.45, 7) is 0. The molecule has 0 radical (unpaired) electrons. The lowest BCUT2D eigenvalue weighted by Gasteiger charge is -2.06. The lowest BCUT2D eigenvalue weighted by Crippen LogP contribution is -1.95. The van der Waals surface area contributed by atoms with Gasteiger partial charge in [0.15, 0.2) is 0 Å². The van der Waals surface area contributed by atoms with Gasteiger partial charge in [-0.05, 0) is 47.9 Å². The molecule has 0 N–H and O–H groups in total. The third-order valence-corrected chi connectivity index (χ3v) is 4.24. The standard InChI is InChI=1S/C13H11ClO3S/c14-18(15,16)13-6-2-9-7-12(17-11-4-5-11)3-1-10(9)8-13/h1-3,6-8,11H,4-5H2. The van der Waals surface area contributed by atoms with Gasteiger partial charge in [0.05, 0.1) is 11.0 Å². The van der Waals surface area contributed by atoms with E-state index in [9.17, 15) is 8.42 Å². The Labute approximate surface area is 110 Å². The average molecular weight is 283 g/mol. The van der Waals surface area contributed by atoms with Crippen molar-refractivity contribution < 1.29 is 13.2 Å². The maximum absolute atomic E-state index is 11.2. The summed E-state index contributed by atoms with van der Waals surface area (Å²) in [7, 11) is 1.64. The van der Waals surface area contributed by atoms with Gasteiger partial charge in [-0.3, -0.25) is 0 Å². The summed E-state index contributed by atoms with van der Waals surface area (Å²) in [6, 6.07) is 10.4. The molecular formula is C13H11ClO3S. The van der Waals surface area contributed by atoms with E-state index in [0.717, 1.165) is 29.4 Å². The average Bonchev–Trinajstić information content (AvgIpc) is 3.11. The zero-order chi connectivity index (χ0) is 12.8. The van der Waals surface area contributed by atoms with E-state index >= 15 is 0 Å². The largest absolute Gasteiger partial charge is 0.490 e. The summed E-state index contributed by atoms with van der Waals surface area (Å²) in [5.41, 5.74) is 0. The van der Waals surface area contributed by atoms with Crippen LogP contribution in [0.5, 0.6) is 5.75 Å². The van der Waals surface area contributed by atoms with E-state index in [0.29, 0.717) is 6.10 Å². The molecule has 1 aliphatic rings. The number of rotatable bonds is 3. The Morgan fingerprint density at radius 1 is 1.06 bits per heavy atom. The molecule has 2 aromatic rings. The minimum absolute atomic E-state index is 0.118. The van der Waals surface area contributed by atoms with Crippen LogP contribution in [0.15, 0.2) is 41.3 Å². The van der Waals surface area contributed by atoms with E-state index in [1.807, 2.05) is 18.2 Å². The molecule has 0 unspecified atom stereocenters. The maximum Gasteiger partial charge on any atom is 0.261 e. The first-order chi connectivity index (χ1) is 8.52. The highest BCUT2D eigenvalue weighted by atomic mass is 35.7. The van der Waals surface area contributed by atoms with Gasteiger partial charge in [-0.15, -0.1) is 0 Å². The van der Waals surface area contributed by atoms with E-state index in [2.05, 4.69) is 0 Å². The molecule has 0 spiro atoms. The van der Waals surface area contributed by atoms with Crippen LogP contribution in [-0.4, -0.2) is 14.5 Å². The first kappa shape index (κ1) is 11.8. The number of ether oxygens (including phenoxy) is 1. The lowest BCUT2D eigenvalue weighted by atomic mass is 10.1. The minimum Gasteiger partial charge on any atom is -0.490 e. The van der Waals surface area contributed by atoms with Crippen LogP contribution >= 0.6 is 10.7 Å². The van der Waals surface area contributed by atoms with Crippen molar-refractivity contribution in [1.29, 1.82) is 0 Å². The van der Waals surface area contributed by atoms with Crippen molar-refractivity contribution in [3.63, 3.8) is 0 Å². The third-order valence-electron chi connectivity index (χ3n) is 2.89. The van der Waals surface area contributed by atoms with Gasteiger partial charge in [0.25, 0.3) is 9.05 Å². The molecule has 0 aliphatic heterocycles. The van der Waals surface area contributed by atoms with Crippen molar-refractivity contribution in [2.75, 3.05) is 0 Å². The van der Waals surface area contributed by atoms with Gasteiger partial charge in [0, 0.05) is 10.7 Å². The van der Waals surface area contributed by atoms with Gasteiger partial charge < -0.3 is 4.74 Å². The Morgan fingerprint density at radius 2 is 1.72 bits per heavy atom. The van der Waals surface area contributed by atoms with Crippen LogP contribution in [-0.2, 0) is 9.05 Å². The van der Waals surface area contributed by atoms with Crippen LogP contribution in [0.4, 0.5) is 0 Å². The Morgan fingerprint density at radius 3 is 2.39 bits per heavy atom. The highest BCUT2D eigenvalue weighted by Crippen LogP contribution is 2.30.